The molecule has 0 radical (unpaired) electrons. The molecule has 1 aliphatic rings. The summed E-state index contributed by atoms with van der Waals surface area (Å²) >= 11 is 0. The van der Waals surface area contributed by atoms with Crippen LogP contribution in [0.15, 0.2) is 65.9 Å². The van der Waals surface area contributed by atoms with Crippen LogP contribution in [0.5, 0.6) is 0 Å². The van der Waals surface area contributed by atoms with Crippen molar-refractivity contribution >= 4 is 33.7 Å². The van der Waals surface area contributed by atoms with E-state index >= 15 is 0 Å². The molecule has 174 valence electrons. The van der Waals surface area contributed by atoms with Crippen molar-refractivity contribution in [1.82, 2.24) is 29.8 Å². The first kappa shape index (κ1) is 21.3. The minimum Gasteiger partial charge on any atom is -0.425 e. The van der Waals surface area contributed by atoms with Gasteiger partial charge in [-0.05, 0) is 37.4 Å². The molecule has 9 nitrogen and oxygen atoms in total. The van der Waals surface area contributed by atoms with Gasteiger partial charge < -0.3 is 14.2 Å². The van der Waals surface area contributed by atoms with Crippen molar-refractivity contribution in [3.63, 3.8) is 0 Å². The number of nitrogens with zero attached hydrogens (tertiary/aromatic N) is 7. The number of hydrogen-bond donors (Lipinski definition) is 0. The largest absolute Gasteiger partial charge is 0.425 e. The highest BCUT2D eigenvalue weighted by Crippen LogP contribution is 2.25. The molecular weight excluding hydrogens is 442 g/mol. The number of anilines is 1. The van der Waals surface area contributed by atoms with Gasteiger partial charge in [0.1, 0.15) is 11.3 Å². The summed E-state index contributed by atoms with van der Waals surface area (Å²) in [5, 5.41) is 0.911. The molecule has 0 aromatic carbocycles. The van der Waals surface area contributed by atoms with Gasteiger partial charge in [0.15, 0.2) is 12.2 Å². The highest BCUT2D eigenvalue weighted by atomic mass is 16.3. The lowest BCUT2D eigenvalue weighted by molar-refractivity contribution is 0.0992. The second-order valence-corrected chi connectivity index (χ2v) is 8.79. The lowest BCUT2D eigenvalue weighted by atomic mass is 10.0. The normalized spacial score (nSPS) is 14.6. The van der Waals surface area contributed by atoms with Crippen LogP contribution in [0.1, 0.15) is 16.1 Å². The van der Waals surface area contributed by atoms with Gasteiger partial charge in [0.05, 0.1) is 18.1 Å². The van der Waals surface area contributed by atoms with Gasteiger partial charge in [-0.15, -0.1) is 0 Å². The Labute approximate surface area is 201 Å². The van der Waals surface area contributed by atoms with Crippen LogP contribution < -0.4 is 4.90 Å². The molecule has 0 N–H and O–H groups in total. The zero-order chi connectivity index (χ0) is 23.8. The Balaban J connectivity index is 1.24. The number of Topliss-reactive ketones (excluding diaryl/α,β-unsaturated/α-hetero) is 1. The highest BCUT2D eigenvalue weighted by Gasteiger charge is 2.17. The van der Waals surface area contributed by atoms with Crippen LogP contribution in [-0.2, 0) is 6.42 Å². The van der Waals surface area contributed by atoms with E-state index in [-0.39, 0.29) is 12.2 Å². The molecule has 0 saturated carbocycles. The Morgan fingerprint density at radius 1 is 0.886 bits per heavy atom. The lowest BCUT2D eigenvalue weighted by Gasteiger charge is -2.33. The Bertz CT molecular complexity index is 1540. The van der Waals surface area contributed by atoms with Crippen LogP contribution in [-0.4, -0.2) is 68.8 Å². The third-order valence-corrected chi connectivity index (χ3v) is 6.38. The standard InChI is InChI=1S/C26H23N7O2/c1-32-4-6-33(7-5-32)25-11-17(2-3-27-25)24(34)12-21-9-18-8-19(13-29-23(18)15-28-21)20-10-22-26(30-14-20)35-16-31-22/h2-3,8-11,13-16H,4-7,12H2,1H3. The van der Waals surface area contributed by atoms with E-state index in [2.05, 4.69) is 41.8 Å². The van der Waals surface area contributed by atoms with E-state index in [0.29, 0.717) is 22.5 Å². The number of carbonyl (C=O) groups is 1. The molecule has 1 fully saturated rings. The quantitative estimate of drug-likeness (QED) is 0.361. The van der Waals surface area contributed by atoms with E-state index in [9.17, 15) is 4.79 Å². The number of carbonyl (C=O) groups excluding carboxylic acids is 1. The van der Waals surface area contributed by atoms with Crippen LogP contribution in [0.25, 0.3) is 33.3 Å². The molecule has 0 bridgehead atoms. The fourth-order valence-electron chi connectivity index (χ4n) is 4.31. The molecular formula is C26H23N7O2. The number of piperazine rings is 1. The van der Waals surface area contributed by atoms with E-state index in [1.807, 2.05) is 24.3 Å². The van der Waals surface area contributed by atoms with Crippen molar-refractivity contribution in [2.75, 3.05) is 38.1 Å². The van der Waals surface area contributed by atoms with Gasteiger partial charge in [-0.1, -0.05) is 0 Å². The molecule has 0 spiro atoms. The van der Waals surface area contributed by atoms with Crippen molar-refractivity contribution in [3.05, 3.63) is 72.8 Å². The molecule has 5 aromatic rings. The van der Waals surface area contributed by atoms with Gasteiger partial charge in [-0.25, -0.2) is 15.0 Å². The number of hydrogen-bond acceptors (Lipinski definition) is 9. The van der Waals surface area contributed by atoms with Crippen LogP contribution in [0.4, 0.5) is 5.82 Å². The molecule has 9 heteroatoms. The monoisotopic (exact) mass is 465 g/mol. The zero-order valence-electron chi connectivity index (χ0n) is 19.3. The Morgan fingerprint density at radius 3 is 2.60 bits per heavy atom. The second kappa shape index (κ2) is 8.84. The summed E-state index contributed by atoms with van der Waals surface area (Å²) < 4.78 is 5.23. The van der Waals surface area contributed by atoms with Crippen LogP contribution >= 0.6 is 0 Å². The SMILES string of the molecule is CN1CCN(c2cc(C(=O)Cc3cc4cc(-c5cnc6ocnc6c5)cnc4cn3)ccn2)CC1. The average molecular weight is 466 g/mol. The first-order valence-corrected chi connectivity index (χ1v) is 11.5. The fourth-order valence-corrected chi connectivity index (χ4v) is 4.31. The van der Waals surface area contributed by atoms with Crippen molar-refractivity contribution in [1.29, 1.82) is 0 Å². The molecule has 6 heterocycles. The minimum atomic E-state index is 0.0134. The number of ketones is 1. The van der Waals surface area contributed by atoms with E-state index < -0.39 is 0 Å². The van der Waals surface area contributed by atoms with Crippen molar-refractivity contribution in [2.24, 2.45) is 0 Å². The number of pyridine rings is 4. The number of aromatic nitrogens is 5. The van der Waals surface area contributed by atoms with E-state index in [1.54, 1.807) is 30.9 Å². The van der Waals surface area contributed by atoms with E-state index in [1.165, 1.54) is 6.39 Å². The third-order valence-electron chi connectivity index (χ3n) is 6.38. The van der Waals surface area contributed by atoms with Gasteiger partial charge in [-0.3, -0.25) is 14.8 Å². The van der Waals surface area contributed by atoms with Crippen LogP contribution in [0.3, 0.4) is 0 Å². The summed E-state index contributed by atoms with van der Waals surface area (Å²) in [4.78, 5) is 39.6. The van der Waals surface area contributed by atoms with Gasteiger partial charge in [0.25, 0.3) is 0 Å². The summed E-state index contributed by atoms with van der Waals surface area (Å²) in [5.41, 5.74) is 5.10. The van der Waals surface area contributed by atoms with Gasteiger partial charge in [-0.2, -0.15) is 0 Å². The molecule has 0 atom stereocenters. The van der Waals surface area contributed by atoms with E-state index in [4.69, 9.17) is 4.42 Å². The zero-order valence-corrected chi connectivity index (χ0v) is 19.3. The third kappa shape index (κ3) is 4.33. The van der Waals surface area contributed by atoms with Gasteiger partial charge >= 0.3 is 0 Å². The summed E-state index contributed by atoms with van der Waals surface area (Å²) in [5.74, 6) is 0.862. The summed E-state index contributed by atoms with van der Waals surface area (Å²) in [6, 6.07) is 9.53. The molecule has 0 aliphatic carbocycles. The lowest BCUT2D eigenvalue weighted by Crippen LogP contribution is -2.44. The summed E-state index contributed by atoms with van der Waals surface area (Å²) in [6.45, 7) is 3.78. The Kier molecular flexibility index (Phi) is 5.38. The topological polar surface area (TPSA) is 101 Å². The molecule has 0 amide bonds. The fraction of sp³-hybridized carbons (Fsp3) is 0.231. The van der Waals surface area contributed by atoms with Crippen molar-refractivity contribution in [3.8, 4) is 11.1 Å². The average Bonchev–Trinajstić information content (AvgIpc) is 3.37. The van der Waals surface area contributed by atoms with Gasteiger partial charge in [0, 0.05) is 72.5 Å². The molecule has 35 heavy (non-hydrogen) atoms. The maximum atomic E-state index is 13.1. The Morgan fingerprint density at radius 2 is 1.71 bits per heavy atom. The number of likely N-dealkylation sites (N-methyl/N-ethyl adjacent to an activating group) is 1. The van der Waals surface area contributed by atoms with Gasteiger partial charge in [0.2, 0.25) is 5.71 Å². The molecule has 5 aromatic heterocycles. The predicted octanol–water partition coefficient (Wildman–Crippen LogP) is 3.41. The highest BCUT2D eigenvalue weighted by molar-refractivity contribution is 5.98. The van der Waals surface area contributed by atoms with Crippen LogP contribution in [0.2, 0.25) is 0 Å². The summed E-state index contributed by atoms with van der Waals surface area (Å²) in [7, 11) is 2.12. The number of rotatable bonds is 5. The van der Waals surface area contributed by atoms with Crippen molar-refractivity contribution in [2.45, 2.75) is 6.42 Å². The second-order valence-electron chi connectivity index (χ2n) is 8.79. The smallest absolute Gasteiger partial charge is 0.246 e. The number of oxazole rings is 1. The molecule has 1 aliphatic heterocycles. The molecule has 6 rings (SSSR count). The Hall–Kier alpha value is -4.24. The van der Waals surface area contributed by atoms with Crippen LogP contribution in [0, 0.1) is 0 Å². The van der Waals surface area contributed by atoms with E-state index in [0.717, 1.165) is 54.0 Å². The first-order chi connectivity index (χ1) is 17.1. The first-order valence-electron chi connectivity index (χ1n) is 11.5. The minimum absolute atomic E-state index is 0.0134. The molecule has 1 saturated heterocycles. The molecule has 0 unspecified atom stereocenters. The predicted molar refractivity (Wildman–Crippen MR) is 132 cm³/mol. The maximum Gasteiger partial charge on any atom is 0.246 e. The summed E-state index contributed by atoms with van der Waals surface area (Å²) in [6.07, 6.45) is 8.54. The van der Waals surface area contributed by atoms with Crippen molar-refractivity contribution < 1.29 is 9.21 Å². The maximum absolute atomic E-state index is 13.1. The number of fused-ring (bicyclic) bond motifs is 2.